The molecule has 2 aromatic rings. The van der Waals surface area contributed by atoms with Gasteiger partial charge in [0.25, 0.3) is 5.82 Å². The van der Waals surface area contributed by atoms with Crippen LogP contribution < -0.4 is 10.4 Å². The predicted molar refractivity (Wildman–Crippen MR) is 77.1 cm³/mol. The Balaban J connectivity index is 2.69. The minimum atomic E-state index is -5.21. The van der Waals surface area contributed by atoms with Crippen molar-refractivity contribution >= 4 is 17.7 Å². The van der Waals surface area contributed by atoms with E-state index in [9.17, 15) is 40.3 Å². The van der Waals surface area contributed by atoms with Gasteiger partial charge in [-0.3, -0.25) is 0 Å². The highest BCUT2D eigenvalue weighted by atomic mass is 35.5. The molecule has 0 saturated carbocycles. The van der Waals surface area contributed by atoms with Crippen molar-refractivity contribution < 1.29 is 45.4 Å². The first-order valence-electron chi connectivity index (χ1n) is 6.90. The molecular formula is C13H7ClF7N3O4. The van der Waals surface area contributed by atoms with Crippen LogP contribution in [-0.2, 0) is 6.18 Å². The average Bonchev–Trinajstić information content (AvgIpc) is 2.83. The summed E-state index contributed by atoms with van der Waals surface area (Å²) in [6, 6.07) is 0.468. The number of aromatic nitrogens is 3. The molecule has 0 radical (unpaired) electrons. The molecule has 0 aliphatic carbocycles. The summed E-state index contributed by atoms with van der Waals surface area (Å²) < 4.78 is 94.3. The van der Waals surface area contributed by atoms with Gasteiger partial charge in [-0.25, -0.2) is 14.0 Å². The Labute approximate surface area is 154 Å². The molecule has 154 valence electrons. The van der Waals surface area contributed by atoms with Crippen LogP contribution in [0.3, 0.4) is 0 Å². The molecule has 0 bridgehead atoms. The summed E-state index contributed by atoms with van der Waals surface area (Å²) in [5.74, 6) is -6.46. The summed E-state index contributed by atoms with van der Waals surface area (Å²) in [7, 11) is 0. The second-order valence-electron chi connectivity index (χ2n) is 5.20. The van der Waals surface area contributed by atoms with Gasteiger partial charge in [-0.1, -0.05) is 0 Å². The standard InChI is InChI=1S/C13H7ClF7N3O4/c1-4(12(16,17)18)28-8-3-7(6(15)2-5(8)9(25)26)24-11(27)23(14)10(22-24)13(19,20)21/h2-4H,1H3,(H,25,26). The molecule has 7 nitrogen and oxygen atoms in total. The fraction of sp³-hybridized carbons (Fsp3) is 0.308. The first kappa shape index (κ1) is 21.5. The van der Waals surface area contributed by atoms with Crippen LogP contribution in [0.2, 0.25) is 0 Å². The number of nitrogens with zero attached hydrogens (tertiary/aromatic N) is 3. The number of hydrogen-bond donors (Lipinski definition) is 1. The Morgan fingerprint density at radius 2 is 1.82 bits per heavy atom. The molecule has 0 saturated heterocycles. The Hall–Kier alpha value is -2.77. The molecule has 1 aromatic heterocycles. The Morgan fingerprint density at radius 3 is 2.25 bits per heavy atom. The second-order valence-corrected chi connectivity index (χ2v) is 5.54. The molecule has 15 heteroatoms. The number of carboxylic acids is 1. The lowest BCUT2D eigenvalue weighted by Gasteiger charge is -2.19. The van der Waals surface area contributed by atoms with Crippen LogP contribution in [0.15, 0.2) is 16.9 Å². The van der Waals surface area contributed by atoms with Gasteiger partial charge in [0.2, 0.25) is 0 Å². The highest BCUT2D eigenvalue weighted by molar-refractivity contribution is 6.15. The van der Waals surface area contributed by atoms with Crippen molar-refractivity contribution in [2.75, 3.05) is 0 Å². The van der Waals surface area contributed by atoms with E-state index in [0.717, 1.165) is 0 Å². The van der Waals surface area contributed by atoms with E-state index in [1.165, 1.54) is 0 Å². The van der Waals surface area contributed by atoms with Crippen LogP contribution in [0, 0.1) is 5.82 Å². The van der Waals surface area contributed by atoms with E-state index < -0.39 is 62.8 Å². The fourth-order valence-electron chi connectivity index (χ4n) is 1.90. The third-order valence-electron chi connectivity index (χ3n) is 3.26. The van der Waals surface area contributed by atoms with Crippen molar-refractivity contribution in [3.05, 3.63) is 39.8 Å². The maximum absolute atomic E-state index is 14.2. The fourth-order valence-corrected chi connectivity index (χ4v) is 2.10. The molecule has 28 heavy (non-hydrogen) atoms. The number of benzene rings is 1. The summed E-state index contributed by atoms with van der Waals surface area (Å²) in [5, 5.41) is 11.8. The minimum Gasteiger partial charge on any atom is -0.480 e. The van der Waals surface area contributed by atoms with Crippen LogP contribution in [0.25, 0.3) is 5.69 Å². The summed E-state index contributed by atoms with van der Waals surface area (Å²) in [6.45, 7) is 0.510. The smallest absolute Gasteiger partial charge is 0.453 e. The van der Waals surface area contributed by atoms with Gasteiger partial charge in [0.15, 0.2) is 6.10 Å². The molecule has 1 unspecified atom stereocenters. The quantitative estimate of drug-likeness (QED) is 0.742. The second kappa shape index (κ2) is 7.00. The highest BCUT2D eigenvalue weighted by Gasteiger charge is 2.40. The number of alkyl halides is 6. The molecule has 0 aliphatic heterocycles. The van der Waals surface area contributed by atoms with Crippen molar-refractivity contribution in [3.63, 3.8) is 0 Å². The highest BCUT2D eigenvalue weighted by Crippen LogP contribution is 2.31. The zero-order chi connectivity index (χ0) is 21.6. The number of carbonyl (C=O) groups is 1. The van der Waals surface area contributed by atoms with Crippen molar-refractivity contribution in [1.29, 1.82) is 0 Å². The van der Waals surface area contributed by atoms with Crippen molar-refractivity contribution in [1.82, 2.24) is 13.9 Å². The van der Waals surface area contributed by atoms with Gasteiger partial charge in [0.1, 0.15) is 22.8 Å². The molecule has 1 N–H and O–H groups in total. The zero-order valence-electron chi connectivity index (χ0n) is 13.3. The lowest BCUT2D eigenvalue weighted by molar-refractivity contribution is -0.189. The molecule has 0 fully saturated rings. The third-order valence-corrected chi connectivity index (χ3v) is 3.56. The number of rotatable bonds is 4. The summed E-state index contributed by atoms with van der Waals surface area (Å²) in [5.41, 5.74) is -3.87. The van der Waals surface area contributed by atoms with Crippen LogP contribution in [0.4, 0.5) is 30.7 Å². The summed E-state index contributed by atoms with van der Waals surface area (Å²) in [6.07, 6.45) is -12.7. The van der Waals surface area contributed by atoms with Crippen molar-refractivity contribution in [3.8, 4) is 11.4 Å². The van der Waals surface area contributed by atoms with Gasteiger partial charge < -0.3 is 9.84 Å². The molecule has 0 amide bonds. The number of ether oxygens (including phenoxy) is 1. The maximum atomic E-state index is 14.2. The number of hydrogen-bond acceptors (Lipinski definition) is 4. The van der Waals surface area contributed by atoms with Gasteiger partial charge in [0, 0.05) is 17.8 Å². The van der Waals surface area contributed by atoms with Crippen LogP contribution in [0.5, 0.6) is 5.75 Å². The topological polar surface area (TPSA) is 86.4 Å². The van der Waals surface area contributed by atoms with E-state index >= 15 is 0 Å². The molecule has 0 spiro atoms. The molecule has 0 aliphatic rings. The van der Waals surface area contributed by atoms with E-state index in [1.807, 2.05) is 0 Å². The lowest BCUT2D eigenvalue weighted by atomic mass is 10.1. The largest absolute Gasteiger partial charge is 0.480 e. The predicted octanol–water partition coefficient (Wildman–Crippen LogP) is 3.22. The first-order chi connectivity index (χ1) is 12.6. The van der Waals surface area contributed by atoms with Gasteiger partial charge in [-0.05, 0) is 13.0 Å². The van der Waals surface area contributed by atoms with Gasteiger partial charge >= 0.3 is 24.0 Å². The monoisotopic (exact) mass is 437 g/mol. The van der Waals surface area contributed by atoms with E-state index in [2.05, 4.69) is 9.84 Å². The number of aromatic carboxylic acids is 1. The molecule has 1 heterocycles. The first-order valence-corrected chi connectivity index (χ1v) is 7.24. The van der Waals surface area contributed by atoms with E-state index in [0.29, 0.717) is 13.0 Å². The Kier molecular flexibility index (Phi) is 5.38. The minimum absolute atomic E-state index is 0.170. The van der Waals surface area contributed by atoms with E-state index in [4.69, 9.17) is 16.9 Å². The average molecular weight is 438 g/mol. The SMILES string of the molecule is CC(Oc1cc(-n2nc(C(F)(F)F)n(Cl)c2=O)c(F)cc1C(=O)O)C(F)(F)F. The normalized spacial score (nSPS) is 13.5. The van der Waals surface area contributed by atoms with Gasteiger partial charge in [-0.2, -0.15) is 35.1 Å². The zero-order valence-corrected chi connectivity index (χ0v) is 14.0. The van der Waals surface area contributed by atoms with Crippen molar-refractivity contribution in [2.24, 2.45) is 0 Å². The third kappa shape index (κ3) is 4.05. The Bertz CT molecular complexity index is 980. The molecule has 1 aromatic carbocycles. The van der Waals surface area contributed by atoms with Crippen LogP contribution in [0.1, 0.15) is 23.1 Å². The molecule has 2 rings (SSSR count). The van der Waals surface area contributed by atoms with E-state index in [-0.39, 0.29) is 10.7 Å². The van der Waals surface area contributed by atoms with E-state index in [1.54, 1.807) is 0 Å². The maximum Gasteiger partial charge on any atom is 0.453 e. The van der Waals surface area contributed by atoms with Gasteiger partial charge in [-0.15, -0.1) is 5.10 Å². The van der Waals surface area contributed by atoms with Crippen LogP contribution >= 0.6 is 11.8 Å². The Morgan fingerprint density at radius 1 is 1.25 bits per heavy atom. The number of halogens is 8. The molecular weight excluding hydrogens is 431 g/mol. The molecule has 1 atom stereocenters. The van der Waals surface area contributed by atoms with Crippen molar-refractivity contribution in [2.45, 2.75) is 25.4 Å². The lowest BCUT2D eigenvalue weighted by Crippen LogP contribution is -2.32. The summed E-state index contributed by atoms with van der Waals surface area (Å²) in [4.78, 5) is 23.0. The van der Waals surface area contributed by atoms with Gasteiger partial charge in [0.05, 0.1) is 0 Å². The summed E-state index contributed by atoms with van der Waals surface area (Å²) >= 11 is 5.17. The number of carboxylic acid groups (broad SMARTS) is 1. The van der Waals surface area contributed by atoms with Crippen LogP contribution in [-0.4, -0.2) is 37.2 Å².